The predicted octanol–water partition coefficient (Wildman–Crippen LogP) is 1.06. The smallest absolute Gasteiger partial charge is 0.122 e. The third-order valence-electron chi connectivity index (χ3n) is 2.27. The highest BCUT2D eigenvalue weighted by atomic mass is 32.1. The zero-order chi connectivity index (χ0) is 12.3. The van der Waals surface area contributed by atoms with Crippen molar-refractivity contribution in [1.29, 1.82) is 0 Å². The van der Waals surface area contributed by atoms with Crippen molar-refractivity contribution in [3.63, 3.8) is 0 Å². The summed E-state index contributed by atoms with van der Waals surface area (Å²) in [7, 11) is 1.89. The average molecular weight is 247 g/mol. The number of anilines is 1. The molecule has 3 N–H and O–H groups in total. The van der Waals surface area contributed by atoms with Crippen molar-refractivity contribution < 1.29 is 0 Å². The number of pyridine rings is 1. The van der Waals surface area contributed by atoms with Gasteiger partial charge >= 0.3 is 0 Å². The highest BCUT2D eigenvalue weighted by Gasteiger charge is 1.99. The molecule has 0 spiro atoms. The first-order valence-corrected chi connectivity index (χ1v) is 5.53. The summed E-state index contributed by atoms with van der Waals surface area (Å²) in [5, 5.41) is 7.33. The normalized spacial score (nSPS) is 10.2. The number of hydrogen-bond acceptors (Lipinski definition) is 4. The summed E-state index contributed by atoms with van der Waals surface area (Å²) in [5.41, 5.74) is 8.14. The van der Waals surface area contributed by atoms with Gasteiger partial charge in [0, 0.05) is 25.4 Å². The van der Waals surface area contributed by atoms with Crippen molar-refractivity contribution in [2.75, 3.05) is 5.32 Å². The number of nitrogens with zero attached hydrogens (tertiary/aromatic N) is 3. The van der Waals surface area contributed by atoms with Gasteiger partial charge in [-0.1, -0.05) is 12.2 Å². The monoisotopic (exact) mass is 247 g/mol. The quantitative estimate of drug-likeness (QED) is 0.791. The molecular formula is C11H13N5S. The number of nitrogens with two attached hydrogens (primary N) is 1. The van der Waals surface area contributed by atoms with Gasteiger partial charge in [0.05, 0.1) is 23.8 Å². The SMILES string of the molecule is Cn1cc(CNc2ccc(C(N)=S)nc2)cn1. The van der Waals surface area contributed by atoms with Gasteiger partial charge in [0.1, 0.15) is 4.99 Å². The number of aromatic nitrogens is 3. The maximum absolute atomic E-state index is 5.47. The van der Waals surface area contributed by atoms with Crippen molar-refractivity contribution in [3.05, 3.63) is 42.0 Å². The molecule has 0 aliphatic heterocycles. The molecule has 0 saturated heterocycles. The number of aryl methyl sites for hydroxylation is 1. The summed E-state index contributed by atoms with van der Waals surface area (Å²) in [6, 6.07) is 3.70. The lowest BCUT2D eigenvalue weighted by Gasteiger charge is -2.04. The number of hydrogen-bond donors (Lipinski definition) is 2. The Labute approximate surface area is 105 Å². The third-order valence-corrected chi connectivity index (χ3v) is 2.48. The minimum atomic E-state index is 0.309. The fourth-order valence-corrected chi connectivity index (χ4v) is 1.53. The van der Waals surface area contributed by atoms with E-state index in [9.17, 15) is 0 Å². The molecule has 5 nitrogen and oxygen atoms in total. The molecule has 6 heteroatoms. The van der Waals surface area contributed by atoms with Gasteiger partial charge in [-0.25, -0.2) is 0 Å². The van der Waals surface area contributed by atoms with Crippen molar-refractivity contribution in [2.45, 2.75) is 6.54 Å². The first kappa shape index (κ1) is 11.5. The van der Waals surface area contributed by atoms with Gasteiger partial charge in [0.15, 0.2) is 0 Å². The second kappa shape index (κ2) is 4.92. The van der Waals surface area contributed by atoms with E-state index in [0.717, 1.165) is 11.3 Å². The molecule has 0 atom stereocenters. The highest BCUT2D eigenvalue weighted by Crippen LogP contribution is 2.08. The van der Waals surface area contributed by atoms with Crippen LogP contribution in [0.25, 0.3) is 0 Å². The van der Waals surface area contributed by atoms with Crippen LogP contribution >= 0.6 is 12.2 Å². The number of rotatable bonds is 4. The van der Waals surface area contributed by atoms with E-state index >= 15 is 0 Å². The molecule has 0 bridgehead atoms. The second-order valence-corrected chi connectivity index (χ2v) is 4.11. The fourth-order valence-electron chi connectivity index (χ4n) is 1.41. The molecule has 88 valence electrons. The van der Waals surface area contributed by atoms with Gasteiger partial charge in [-0.15, -0.1) is 0 Å². The Hall–Kier alpha value is -1.95. The summed E-state index contributed by atoms with van der Waals surface area (Å²) in [4.78, 5) is 4.46. The first-order valence-electron chi connectivity index (χ1n) is 5.12. The summed E-state index contributed by atoms with van der Waals surface area (Å²) >= 11 is 4.83. The molecule has 0 saturated carbocycles. The van der Waals surface area contributed by atoms with Gasteiger partial charge in [0.25, 0.3) is 0 Å². The van der Waals surface area contributed by atoms with E-state index in [2.05, 4.69) is 15.4 Å². The largest absolute Gasteiger partial charge is 0.388 e. The van der Waals surface area contributed by atoms with Crippen LogP contribution < -0.4 is 11.1 Å². The van der Waals surface area contributed by atoms with Gasteiger partial charge in [0.2, 0.25) is 0 Å². The standard InChI is InChI=1S/C11H13N5S/c1-16-7-8(5-15-16)4-13-9-2-3-10(11(12)17)14-6-9/h2-3,5-7,13H,4H2,1H3,(H2,12,17). The Morgan fingerprint density at radius 3 is 2.82 bits per heavy atom. The molecule has 17 heavy (non-hydrogen) atoms. The van der Waals surface area contributed by atoms with Crippen LogP contribution in [0.4, 0.5) is 5.69 Å². The topological polar surface area (TPSA) is 68.8 Å². The number of thiocarbonyl (C=S) groups is 1. The van der Waals surface area contributed by atoms with Crippen LogP contribution in [0.2, 0.25) is 0 Å². The second-order valence-electron chi connectivity index (χ2n) is 3.67. The molecular weight excluding hydrogens is 234 g/mol. The average Bonchev–Trinajstić information content (AvgIpc) is 2.73. The number of nitrogens with one attached hydrogen (secondary N) is 1. The van der Waals surface area contributed by atoms with E-state index in [1.54, 1.807) is 16.9 Å². The molecule has 2 aromatic heterocycles. The minimum Gasteiger partial charge on any atom is -0.388 e. The van der Waals surface area contributed by atoms with Crippen LogP contribution in [-0.2, 0) is 13.6 Å². The zero-order valence-corrected chi connectivity index (χ0v) is 10.2. The zero-order valence-electron chi connectivity index (χ0n) is 9.42. The molecule has 2 rings (SSSR count). The van der Waals surface area contributed by atoms with Crippen LogP contribution in [0.1, 0.15) is 11.3 Å². The fraction of sp³-hybridized carbons (Fsp3) is 0.182. The Morgan fingerprint density at radius 1 is 1.47 bits per heavy atom. The van der Waals surface area contributed by atoms with Gasteiger partial charge in [-0.3, -0.25) is 9.67 Å². The first-order chi connectivity index (χ1) is 8.15. The third kappa shape index (κ3) is 3.01. The van der Waals surface area contributed by atoms with E-state index in [1.807, 2.05) is 25.5 Å². The molecule has 0 unspecified atom stereocenters. The van der Waals surface area contributed by atoms with E-state index in [0.29, 0.717) is 17.2 Å². The molecule has 2 aromatic rings. The highest BCUT2D eigenvalue weighted by molar-refractivity contribution is 7.80. The van der Waals surface area contributed by atoms with Crippen molar-refractivity contribution in [2.24, 2.45) is 12.8 Å². The molecule has 0 fully saturated rings. The summed E-state index contributed by atoms with van der Waals surface area (Å²) in [6.45, 7) is 0.710. The summed E-state index contributed by atoms with van der Waals surface area (Å²) in [6.07, 6.45) is 5.50. The Balaban J connectivity index is 1.97. The van der Waals surface area contributed by atoms with Crippen LogP contribution in [0.15, 0.2) is 30.7 Å². The Bertz CT molecular complexity index is 517. The minimum absolute atomic E-state index is 0.309. The summed E-state index contributed by atoms with van der Waals surface area (Å²) < 4.78 is 1.77. The lowest BCUT2D eigenvalue weighted by atomic mass is 10.3. The van der Waals surface area contributed by atoms with Crippen molar-refractivity contribution in [1.82, 2.24) is 14.8 Å². The van der Waals surface area contributed by atoms with Crippen LogP contribution in [-0.4, -0.2) is 19.8 Å². The molecule has 0 aromatic carbocycles. The molecule has 0 radical (unpaired) electrons. The van der Waals surface area contributed by atoms with Crippen molar-refractivity contribution in [3.8, 4) is 0 Å². The van der Waals surface area contributed by atoms with Gasteiger partial charge < -0.3 is 11.1 Å². The molecule has 0 aliphatic rings. The van der Waals surface area contributed by atoms with E-state index in [1.165, 1.54) is 0 Å². The lowest BCUT2D eigenvalue weighted by Crippen LogP contribution is -2.11. The van der Waals surface area contributed by atoms with Crippen LogP contribution in [0.5, 0.6) is 0 Å². The van der Waals surface area contributed by atoms with Crippen LogP contribution in [0.3, 0.4) is 0 Å². The van der Waals surface area contributed by atoms with E-state index in [4.69, 9.17) is 18.0 Å². The molecule has 2 heterocycles. The van der Waals surface area contributed by atoms with Crippen LogP contribution in [0, 0.1) is 0 Å². The van der Waals surface area contributed by atoms with Gasteiger partial charge in [-0.05, 0) is 12.1 Å². The maximum atomic E-state index is 5.47. The van der Waals surface area contributed by atoms with E-state index in [-0.39, 0.29) is 0 Å². The Morgan fingerprint density at radius 2 is 2.29 bits per heavy atom. The van der Waals surface area contributed by atoms with Crippen molar-refractivity contribution >= 4 is 22.9 Å². The molecule has 0 aliphatic carbocycles. The lowest BCUT2D eigenvalue weighted by molar-refractivity contribution is 0.767. The van der Waals surface area contributed by atoms with E-state index < -0.39 is 0 Å². The summed E-state index contributed by atoms with van der Waals surface area (Å²) in [5.74, 6) is 0. The maximum Gasteiger partial charge on any atom is 0.122 e. The van der Waals surface area contributed by atoms with Gasteiger partial charge in [-0.2, -0.15) is 5.10 Å². The predicted molar refractivity (Wildman–Crippen MR) is 70.7 cm³/mol. The Kier molecular flexibility index (Phi) is 3.34. The molecule has 0 amide bonds.